The summed E-state index contributed by atoms with van der Waals surface area (Å²) < 4.78 is 24.2. The minimum Gasteiger partial charge on any atom is -0.493 e. The van der Waals surface area contributed by atoms with Crippen LogP contribution in [-0.4, -0.2) is 25.9 Å². The molecule has 0 radical (unpaired) electrons. The van der Waals surface area contributed by atoms with Crippen molar-refractivity contribution in [2.45, 2.75) is 19.4 Å². The summed E-state index contributed by atoms with van der Waals surface area (Å²) in [6.45, 7) is 3.55. The normalized spacial score (nSPS) is 12.5. The summed E-state index contributed by atoms with van der Waals surface area (Å²) >= 11 is 3.11. The summed E-state index contributed by atoms with van der Waals surface area (Å²) in [6.07, 6.45) is 0.739. The quantitative estimate of drug-likeness (QED) is 0.842. The fraction of sp³-hybridized carbons (Fsp3) is 0.500. The highest BCUT2D eigenvalue weighted by Gasteiger charge is 2.06. The molecule has 2 N–H and O–H groups in total. The fourth-order valence-electron chi connectivity index (χ4n) is 1.38. The Bertz CT molecular complexity index is 349. The van der Waals surface area contributed by atoms with Crippen molar-refractivity contribution in [3.8, 4) is 5.75 Å². The third kappa shape index (κ3) is 5.02. The molecule has 0 amide bonds. The molecular formula is C12H17BrFNO2. The highest BCUT2D eigenvalue weighted by Crippen LogP contribution is 2.21. The first-order valence-corrected chi connectivity index (χ1v) is 6.36. The van der Waals surface area contributed by atoms with E-state index in [9.17, 15) is 4.39 Å². The molecule has 1 rings (SSSR count). The van der Waals surface area contributed by atoms with Crippen LogP contribution >= 0.6 is 15.9 Å². The second-order valence-corrected chi connectivity index (χ2v) is 4.38. The van der Waals surface area contributed by atoms with Crippen molar-refractivity contribution in [3.05, 3.63) is 28.5 Å². The van der Waals surface area contributed by atoms with Crippen molar-refractivity contribution < 1.29 is 13.9 Å². The molecule has 0 aromatic heterocycles. The molecule has 1 aromatic rings. The van der Waals surface area contributed by atoms with Crippen molar-refractivity contribution in [3.63, 3.8) is 0 Å². The van der Waals surface area contributed by atoms with Gasteiger partial charge in [-0.1, -0.05) is 0 Å². The van der Waals surface area contributed by atoms with Gasteiger partial charge < -0.3 is 15.2 Å². The Balaban J connectivity index is 2.37. The molecule has 0 aliphatic rings. The van der Waals surface area contributed by atoms with E-state index in [2.05, 4.69) is 15.9 Å². The van der Waals surface area contributed by atoms with E-state index in [1.165, 1.54) is 6.07 Å². The summed E-state index contributed by atoms with van der Waals surface area (Å²) in [6, 6.07) is 4.56. The second kappa shape index (κ2) is 7.63. The average molecular weight is 306 g/mol. The monoisotopic (exact) mass is 305 g/mol. The van der Waals surface area contributed by atoms with Crippen molar-refractivity contribution in [2.75, 3.05) is 19.8 Å². The Hall–Kier alpha value is -0.650. The van der Waals surface area contributed by atoms with Gasteiger partial charge in [0.2, 0.25) is 0 Å². The van der Waals surface area contributed by atoms with Crippen LogP contribution in [-0.2, 0) is 4.74 Å². The topological polar surface area (TPSA) is 44.5 Å². The molecule has 0 saturated heterocycles. The number of benzene rings is 1. The summed E-state index contributed by atoms with van der Waals surface area (Å²) in [5.41, 5.74) is 5.54. The molecule has 0 spiro atoms. The number of hydrogen-bond donors (Lipinski definition) is 1. The van der Waals surface area contributed by atoms with E-state index in [1.54, 1.807) is 12.1 Å². The molecule has 1 unspecified atom stereocenters. The lowest BCUT2D eigenvalue weighted by Gasteiger charge is -2.15. The zero-order valence-electron chi connectivity index (χ0n) is 9.79. The van der Waals surface area contributed by atoms with Crippen molar-refractivity contribution in [1.82, 2.24) is 0 Å². The van der Waals surface area contributed by atoms with Gasteiger partial charge in [-0.05, 0) is 41.1 Å². The second-order valence-electron chi connectivity index (χ2n) is 3.53. The highest BCUT2D eigenvalue weighted by molar-refractivity contribution is 9.10. The van der Waals surface area contributed by atoms with Gasteiger partial charge in [0.25, 0.3) is 0 Å². The van der Waals surface area contributed by atoms with E-state index < -0.39 is 0 Å². The van der Waals surface area contributed by atoms with Gasteiger partial charge in [0.15, 0.2) is 0 Å². The third-order valence-corrected chi connectivity index (χ3v) is 2.87. The largest absolute Gasteiger partial charge is 0.493 e. The van der Waals surface area contributed by atoms with E-state index in [-0.39, 0.29) is 11.9 Å². The maximum Gasteiger partial charge on any atom is 0.137 e. The van der Waals surface area contributed by atoms with E-state index in [0.29, 0.717) is 30.0 Å². The average Bonchev–Trinajstić information content (AvgIpc) is 2.32. The number of ether oxygens (including phenoxy) is 2. The molecule has 0 fully saturated rings. The fourth-order valence-corrected chi connectivity index (χ4v) is 1.74. The summed E-state index contributed by atoms with van der Waals surface area (Å²) in [4.78, 5) is 0. The molecule has 5 heteroatoms. The van der Waals surface area contributed by atoms with E-state index in [1.807, 2.05) is 6.92 Å². The lowest BCUT2D eigenvalue weighted by Crippen LogP contribution is -2.25. The number of hydrogen-bond acceptors (Lipinski definition) is 3. The maximum atomic E-state index is 13.0. The van der Waals surface area contributed by atoms with Gasteiger partial charge in [-0.2, -0.15) is 0 Å². The molecule has 1 aromatic carbocycles. The van der Waals surface area contributed by atoms with Crippen LogP contribution in [0.5, 0.6) is 5.75 Å². The molecule has 0 heterocycles. The number of nitrogens with two attached hydrogens (primary N) is 1. The third-order valence-electron chi connectivity index (χ3n) is 2.26. The van der Waals surface area contributed by atoms with Crippen LogP contribution in [0.15, 0.2) is 22.7 Å². The lowest BCUT2D eigenvalue weighted by molar-refractivity contribution is 0.0527. The highest BCUT2D eigenvalue weighted by atomic mass is 79.9. The van der Waals surface area contributed by atoms with Crippen LogP contribution in [0.2, 0.25) is 0 Å². The van der Waals surface area contributed by atoms with Crippen LogP contribution in [0.4, 0.5) is 4.39 Å². The Labute approximate surface area is 109 Å². The molecule has 96 valence electrons. The van der Waals surface area contributed by atoms with E-state index in [4.69, 9.17) is 15.2 Å². The van der Waals surface area contributed by atoms with Crippen LogP contribution in [0, 0.1) is 5.82 Å². The van der Waals surface area contributed by atoms with E-state index in [0.717, 1.165) is 6.42 Å². The molecule has 0 bridgehead atoms. The molecular weight excluding hydrogens is 289 g/mol. The Morgan fingerprint density at radius 3 is 2.82 bits per heavy atom. The zero-order chi connectivity index (χ0) is 12.7. The van der Waals surface area contributed by atoms with Gasteiger partial charge in [0.1, 0.15) is 11.6 Å². The predicted molar refractivity (Wildman–Crippen MR) is 68.7 cm³/mol. The molecule has 0 saturated carbocycles. The summed E-state index contributed by atoms with van der Waals surface area (Å²) in [5, 5.41) is 0. The van der Waals surface area contributed by atoms with Crippen LogP contribution in [0.25, 0.3) is 0 Å². The van der Waals surface area contributed by atoms with Gasteiger partial charge >= 0.3 is 0 Å². The molecule has 17 heavy (non-hydrogen) atoms. The van der Waals surface area contributed by atoms with Gasteiger partial charge in [-0.3, -0.25) is 0 Å². The zero-order valence-corrected chi connectivity index (χ0v) is 11.4. The smallest absolute Gasteiger partial charge is 0.137 e. The Morgan fingerprint density at radius 2 is 2.24 bits per heavy atom. The number of rotatable bonds is 7. The summed E-state index contributed by atoms with van der Waals surface area (Å²) in [7, 11) is 0. The molecule has 0 aliphatic carbocycles. The van der Waals surface area contributed by atoms with Crippen molar-refractivity contribution in [1.29, 1.82) is 0 Å². The van der Waals surface area contributed by atoms with E-state index >= 15 is 0 Å². The number of halogens is 2. The molecule has 3 nitrogen and oxygen atoms in total. The lowest BCUT2D eigenvalue weighted by atomic mass is 10.2. The molecule has 0 aliphatic heterocycles. The van der Waals surface area contributed by atoms with Crippen molar-refractivity contribution in [2.24, 2.45) is 5.73 Å². The van der Waals surface area contributed by atoms with Crippen LogP contribution in [0.1, 0.15) is 13.3 Å². The maximum absolute atomic E-state index is 13.0. The predicted octanol–water partition coefficient (Wildman–Crippen LogP) is 2.72. The first-order chi connectivity index (χ1) is 8.17. The first-order valence-electron chi connectivity index (χ1n) is 5.57. The van der Waals surface area contributed by atoms with Gasteiger partial charge in [-0.25, -0.2) is 4.39 Å². The minimum absolute atomic E-state index is 0.0175. The Morgan fingerprint density at radius 1 is 1.47 bits per heavy atom. The van der Waals surface area contributed by atoms with Crippen molar-refractivity contribution >= 4 is 15.9 Å². The van der Waals surface area contributed by atoms with Gasteiger partial charge in [-0.15, -0.1) is 0 Å². The minimum atomic E-state index is -0.300. The first kappa shape index (κ1) is 14.4. The standard InChI is InChI=1S/C12H17BrFNO2/c1-2-16-10(8-15)5-6-17-9-3-4-12(14)11(13)7-9/h3-4,7,10H,2,5-6,8,15H2,1H3. The summed E-state index contributed by atoms with van der Waals surface area (Å²) in [5.74, 6) is 0.331. The van der Waals surface area contributed by atoms with Gasteiger partial charge in [0, 0.05) is 19.6 Å². The van der Waals surface area contributed by atoms with Crippen LogP contribution < -0.4 is 10.5 Å². The molecule has 1 atom stereocenters. The SMILES string of the molecule is CCOC(CN)CCOc1ccc(F)c(Br)c1. The van der Waals surface area contributed by atoms with Gasteiger partial charge in [0.05, 0.1) is 17.2 Å². The Kier molecular flexibility index (Phi) is 6.47. The van der Waals surface area contributed by atoms with Crippen LogP contribution in [0.3, 0.4) is 0 Å².